The van der Waals surface area contributed by atoms with Crippen molar-refractivity contribution in [1.82, 2.24) is 4.90 Å². The van der Waals surface area contributed by atoms with Gasteiger partial charge in [-0.1, -0.05) is 47.4 Å². The van der Waals surface area contributed by atoms with E-state index in [4.69, 9.17) is 16.4 Å². The molecule has 2 aromatic carbocycles. The first-order valence-corrected chi connectivity index (χ1v) is 9.98. The summed E-state index contributed by atoms with van der Waals surface area (Å²) in [4.78, 5) is 20.4. The average Bonchev–Trinajstić information content (AvgIpc) is 3.09. The molecular weight excluding hydrogens is 379 g/mol. The quantitative estimate of drug-likeness (QED) is 0.698. The molecule has 1 amide bonds. The molecule has 2 aliphatic rings. The fourth-order valence-corrected chi connectivity index (χ4v) is 3.80. The Morgan fingerprint density at radius 3 is 2.68 bits per heavy atom. The molecular formula is C22H22ClFN2O2. The Bertz CT molecular complexity index is 880. The highest BCUT2D eigenvalue weighted by atomic mass is 35.5. The van der Waals surface area contributed by atoms with Gasteiger partial charge in [0.05, 0.1) is 12.3 Å². The van der Waals surface area contributed by atoms with E-state index < -0.39 is 0 Å². The van der Waals surface area contributed by atoms with E-state index in [1.165, 1.54) is 12.1 Å². The van der Waals surface area contributed by atoms with Crippen molar-refractivity contribution in [2.24, 2.45) is 11.1 Å². The molecule has 146 valence electrons. The molecule has 0 unspecified atom stereocenters. The van der Waals surface area contributed by atoms with Crippen LogP contribution in [0, 0.1) is 11.7 Å². The topological polar surface area (TPSA) is 41.9 Å². The standard InChI is InChI=1S/C22H22ClFN2O2/c23-18-6-1-3-15(11-18)13-26(22(27)17-4-2-5-17)14-20-12-21(25-28-20)16-7-9-19(24)10-8-16/h1,3,6-11,17,20H,2,4-5,12-14H2/t20-/m1/s1. The predicted octanol–water partition coefficient (Wildman–Crippen LogP) is 4.80. The van der Waals surface area contributed by atoms with Crippen LogP contribution in [0.5, 0.6) is 0 Å². The lowest BCUT2D eigenvalue weighted by Crippen LogP contribution is -2.42. The van der Waals surface area contributed by atoms with E-state index in [2.05, 4.69) is 5.16 Å². The smallest absolute Gasteiger partial charge is 0.226 e. The Hall–Kier alpha value is -2.40. The van der Waals surface area contributed by atoms with Gasteiger partial charge in [0.2, 0.25) is 5.91 Å². The molecule has 0 spiro atoms. The van der Waals surface area contributed by atoms with Crippen LogP contribution < -0.4 is 0 Å². The first kappa shape index (κ1) is 18.9. The Labute approximate surface area is 168 Å². The normalized spacial score (nSPS) is 18.9. The van der Waals surface area contributed by atoms with E-state index in [1.807, 2.05) is 29.2 Å². The fraction of sp³-hybridized carbons (Fsp3) is 0.364. The molecule has 28 heavy (non-hydrogen) atoms. The molecule has 1 heterocycles. The second-order valence-corrected chi connectivity index (χ2v) is 7.89. The lowest BCUT2D eigenvalue weighted by atomic mass is 9.84. The molecule has 0 N–H and O–H groups in total. The van der Waals surface area contributed by atoms with E-state index in [-0.39, 0.29) is 23.7 Å². The molecule has 1 saturated carbocycles. The maximum absolute atomic E-state index is 13.1. The van der Waals surface area contributed by atoms with Crippen molar-refractivity contribution in [1.29, 1.82) is 0 Å². The van der Waals surface area contributed by atoms with Crippen LogP contribution in [-0.4, -0.2) is 29.2 Å². The van der Waals surface area contributed by atoms with Crippen molar-refractivity contribution in [2.45, 2.75) is 38.3 Å². The van der Waals surface area contributed by atoms with E-state index in [1.54, 1.807) is 12.1 Å². The number of nitrogens with zero attached hydrogens (tertiary/aromatic N) is 2. The van der Waals surface area contributed by atoms with Crippen molar-refractivity contribution in [3.05, 3.63) is 70.5 Å². The summed E-state index contributed by atoms with van der Waals surface area (Å²) >= 11 is 6.10. The number of amides is 1. The summed E-state index contributed by atoms with van der Waals surface area (Å²) in [7, 11) is 0. The first-order chi connectivity index (χ1) is 13.6. The number of carbonyl (C=O) groups is 1. The molecule has 0 saturated heterocycles. The lowest BCUT2D eigenvalue weighted by molar-refractivity contribution is -0.140. The van der Waals surface area contributed by atoms with Gasteiger partial charge >= 0.3 is 0 Å². The van der Waals surface area contributed by atoms with Gasteiger partial charge in [0.1, 0.15) is 5.82 Å². The second kappa shape index (κ2) is 8.31. The molecule has 0 aromatic heterocycles. The minimum Gasteiger partial charge on any atom is -0.390 e. The van der Waals surface area contributed by atoms with Gasteiger partial charge in [0.25, 0.3) is 0 Å². The molecule has 4 rings (SSSR count). The molecule has 0 radical (unpaired) electrons. The highest BCUT2D eigenvalue weighted by Crippen LogP contribution is 2.30. The van der Waals surface area contributed by atoms with Gasteiger partial charge in [-0.15, -0.1) is 0 Å². The van der Waals surface area contributed by atoms with Crippen LogP contribution in [0.25, 0.3) is 0 Å². The molecule has 0 bridgehead atoms. The molecule has 1 aliphatic heterocycles. The number of carbonyl (C=O) groups excluding carboxylic acids is 1. The van der Waals surface area contributed by atoms with Gasteiger partial charge in [-0.05, 0) is 48.2 Å². The molecule has 6 heteroatoms. The van der Waals surface area contributed by atoms with Gasteiger partial charge in [-0.25, -0.2) is 4.39 Å². The van der Waals surface area contributed by atoms with E-state index in [0.717, 1.165) is 36.1 Å². The third-order valence-corrected chi connectivity index (χ3v) is 5.60. The van der Waals surface area contributed by atoms with Crippen LogP contribution in [0.3, 0.4) is 0 Å². The van der Waals surface area contributed by atoms with Crippen LogP contribution in [0.1, 0.15) is 36.8 Å². The molecule has 2 aromatic rings. The van der Waals surface area contributed by atoms with Crippen LogP contribution >= 0.6 is 11.6 Å². The van der Waals surface area contributed by atoms with E-state index in [9.17, 15) is 9.18 Å². The van der Waals surface area contributed by atoms with Crippen LogP contribution in [0.15, 0.2) is 53.7 Å². The number of rotatable bonds is 6. The van der Waals surface area contributed by atoms with Crippen molar-refractivity contribution < 1.29 is 14.0 Å². The fourth-order valence-electron chi connectivity index (χ4n) is 3.59. The molecule has 1 fully saturated rings. The van der Waals surface area contributed by atoms with Gasteiger partial charge in [-0.2, -0.15) is 0 Å². The largest absolute Gasteiger partial charge is 0.390 e. The summed E-state index contributed by atoms with van der Waals surface area (Å²) in [6.45, 7) is 0.970. The Balaban J connectivity index is 1.43. The zero-order valence-electron chi connectivity index (χ0n) is 15.5. The third-order valence-electron chi connectivity index (χ3n) is 5.36. The zero-order chi connectivity index (χ0) is 19.5. The Morgan fingerprint density at radius 2 is 2.00 bits per heavy atom. The van der Waals surface area contributed by atoms with Crippen molar-refractivity contribution in [2.75, 3.05) is 6.54 Å². The van der Waals surface area contributed by atoms with Crippen LogP contribution in [0.2, 0.25) is 5.02 Å². The number of hydrogen-bond acceptors (Lipinski definition) is 3. The Morgan fingerprint density at radius 1 is 1.21 bits per heavy atom. The summed E-state index contributed by atoms with van der Waals surface area (Å²) in [5, 5.41) is 4.82. The highest BCUT2D eigenvalue weighted by molar-refractivity contribution is 6.30. The maximum atomic E-state index is 13.1. The number of oxime groups is 1. The average molecular weight is 401 g/mol. The van der Waals surface area contributed by atoms with Gasteiger partial charge in [-0.3, -0.25) is 4.79 Å². The van der Waals surface area contributed by atoms with Crippen LogP contribution in [0.4, 0.5) is 4.39 Å². The van der Waals surface area contributed by atoms with Crippen molar-refractivity contribution >= 4 is 23.2 Å². The molecule has 4 nitrogen and oxygen atoms in total. The van der Waals surface area contributed by atoms with E-state index >= 15 is 0 Å². The second-order valence-electron chi connectivity index (χ2n) is 7.45. The van der Waals surface area contributed by atoms with Crippen LogP contribution in [-0.2, 0) is 16.2 Å². The number of halogens is 2. The summed E-state index contributed by atoms with van der Waals surface area (Å²) in [5.41, 5.74) is 2.62. The van der Waals surface area contributed by atoms with Gasteiger partial charge in [0, 0.05) is 23.9 Å². The zero-order valence-corrected chi connectivity index (χ0v) is 16.2. The van der Waals surface area contributed by atoms with Gasteiger partial charge < -0.3 is 9.74 Å². The summed E-state index contributed by atoms with van der Waals surface area (Å²) in [6, 6.07) is 13.8. The molecule has 1 aliphatic carbocycles. The number of hydrogen-bond donors (Lipinski definition) is 0. The minimum absolute atomic E-state index is 0.109. The molecule has 1 atom stereocenters. The summed E-state index contributed by atoms with van der Waals surface area (Å²) in [6.07, 6.45) is 3.40. The Kier molecular flexibility index (Phi) is 5.62. The van der Waals surface area contributed by atoms with Gasteiger partial charge in [0.15, 0.2) is 6.10 Å². The van der Waals surface area contributed by atoms with Crippen molar-refractivity contribution in [3.8, 4) is 0 Å². The summed E-state index contributed by atoms with van der Waals surface area (Å²) in [5.74, 6) is 0.00161. The summed E-state index contributed by atoms with van der Waals surface area (Å²) < 4.78 is 13.1. The highest BCUT2D eigenvalue weighted by Gasteiger charge is 2.33. The SMILES string of the molecule is O=C(C1CCC1)N(Cc1cccc(Cl)c1)C[C@H]1CC(c2ccc(F)cc2)=NO1. The lowest BCUT2D eigenvalue weighted by Gasteiger charge is -2.32. The predicted molar refractivity (Wildman–Crippen MR) is 107 cm³/mol. The van der Waals surface area contributed by atoms with E-state index in [0.29, 0.717) is 24.5 Å². The monoisotopic (exact) mass is 400 g/mol. The van der Waals surface area contributed by atoms with Crippen molar-refractivity contribution in [3.63, 3.8) is 0 Å². The minimum atomic E-state index is -0.279. The maximum Gasteiger partial charge on any atom is 0.226 e. The third kappa shape index (κ3) is 4.36. The first-order valence-electron chi connectivity index (χ1n) is 9.60. The number of benzene rings is 2.